The van der Waals surface area contributed by atoms with E-state index in [1.165, 1.54) is 0 Å². The predicted octanol–water partition coefficient (Wildman–Crippen LogP) is 1.17. The van der Waals surface area contributed by atoms with Crippen LogP contribution in [0.4, 0.5) is 0 Å². The molecule has 2 rings (SSSR count). The van der Waals surface area contributed by atoms with Crippen LogP contribution in [0.2, 0.25) is 0 Å². The molecule has 0 fully saturated rings. The van der Waals surface area contributed by atoms with E-state index in [1.54, 1.807) is 24.6 Å². The molecule has 0 radical (unpaired) electrons. The molecule has 2 amide bonds. The standard InChI is InChI=1S/C15H18N4O2/c1-10-9-12(13(20)17-15(2,3)14(16)21)18-19(10)11-7-5-4-6-8-11/h4-9H,1-3H3,(H2,16,21)(H,17,20). The molecule has 0 unspecified atom stereocenters. The lowest BCUT2D eigenvalue weighted by Gasteiger charge is -2.21. The quantitative estimate of drug-likeness (QED) is 0.884. The van der Waals surface area contributed by atoms with Crippen LogP contribution in [0.15, 0.2) is 36.4 Å². The minimum atomic E-state index is -1.12. The summed E-state index contributed by atoms with van der Waals surface area (Å²) in [5.74, 6) is -1.04. The number of nitrogens with one attached hydrogen (secondary N) is 1. The largest absolute Gasteiger partial charge is 0.368 e. The second-order valence-corrected chi connectivity index (χ2v) is 5.36. The molecule has 1 aromatic heterocycles. The summed E-state index contributed by atoms with van der Waals surface area (Å²) in [5.41, 5.74) is 6.05. The Labute approximate surface area is 122 Å². The van der Waals surface area contributed by atoms with Crippen LogP contribution >= 0.6 is 0 Å². The van der Waals surface area contributed by atoms with Crippen molar-refractivity contribution in [1.82, 2.24) is 15.1 Å². The molecule has 2 aromatic rings. The van der Waals surface area contributed by atoms with Gasteiger partial charge in [-0.3, -0.25) is 9.59 Å². The molecule has 0 bridgehead atoms. The lowest BCUT2D eigenvalue weighted by molar-refractivity contribution is -0.122. The van der Waals surface area contributed by atoms with Gasteiger partial charge >= 0.3 is 0 Å². The Balaban J connectivity index is 2.27. The zero-order chi connectivity index (χ0) is 15.6. The number of amides is 2. The maximum absolute atomic E-state index is 12.2. The molecular weight excluding hydrogens is 268 g/mol. The molecule has 110 valence electrons. The number of nitrogens with zero attached hydrogens (tertiary/aromatic N) is 2. The number of aromatic nitrogens is 2. The molecule has 21 heavy (non-hydrogen) atoms. The minimum Gasteiger partial charge on any atom is -0.368 e. The number of rotatable bonds is 4. The van der Waals surface area contributed by atoms with Crippen LogP contribution in [-0.4, -0.2) is 27.1 Å². The second-order valence-electron chi connectivity index (χ2n) is 5.36. The van der Waals surface area contributed by atoms with Gasteiger partial charge in [0, 0.05) is 5.69 Å². The van der Waals surface area contributed by atoms with Gasteiger partial charge in [-0.1, -0.05) is 18.2 Å². The Morgan fingerprint density at radius 2 is 1.86 bits per heavy atom. The van der Waals surface area contributed by atoms with Crippen molar-refractivity contribution in [3.05, 3.63) is 47.8 Å². The molecule has 0 atom stereocenters. The third-order valence-corrected chi connectivity index (χ3v) is 3.16. The second kappa shape index (κ2) is 5.40. The highest BCUT2D eigenvalue weighted by Crippen LogP contribution is 2.12. The van der Waals surface area contributed by atoms with E-state index in [9.17, 15) is 9.59 Å². The SMILES string of the molecule is Cc1cc(C(=O)NC(C)(C)C(N)=O)nn1-c1ccccc1. The summed E-state index contributed by atoms with van der Waals surface area (Å²) in [5, 5.41) is 6.85. The normalized spacial score (nSPS) is 11.2. The van der Waals surface area contributed by atoms with Gasteiger partial charge in [-0.15, -0.1) is 0 Å². The Kier molecular flexibility index (Phi) is 3.80. The summed E-state index contributed by atoms with van der Waals surface area (Å²) in [7, 11) is 0. The lowest BCUT2D eigenvalue weighted by atomic mass is 10.1. The molecule has 1 heterocycles. The fraction of sp³-hybridized carbons (Fsp3) is 0.267. The number of benzene rings is 1. The highest BCUT2D eigenvalue weighted by molar-refractivity contribution is 5.97. The maximum atomic E-state index is 12.2. The fourth-order valence-electron chi connectivity index (χ4n) is 1.83. The van der Waals surface area contributed by atoms with Gasteiger partial charge < -0.3 is 11.1 Å². The molecule has 0 aliphatic heterocycles. The van der Waals surface area contributed by atoms with Gasteiger partial charge in [0.15, 0.2) is 5.69 Å². The Hall–Kier alpha value is -2.63. The first-order valence-corrected chi connectivity index (χ1v) is 6.56. The van der Waals surface area contributed by atoms with Gasteiger partial charge in [0.2, 0.25) is 5.91 Å². The van der Waals surface area contributed by atoms with Crippen LogP contribution in [0.3, 0.4) is 0 Å². The maximum Gasteiger partial charge on any atom is 0.272 e. The van der Waals surface area contributed by atoms with Crippen molar-refractivity contribution in [3.63, 3.8) is 0 Å². The van der Waals surface area contributed by atoms with Crippen molar-refractivity contribution >= 4 is 11.8 Å². The number of hydrogen-bond donors (Lipinski definition) is 2. The third kappa shape index (κ3) is 3.10. The summed E-state index contributed by atoms with van der Waals surface area (Å²) < 4.78 is 1.67. The first-order valence-electron chi connectivity index (χ1n) is 6.56. The highest BCUT2D eigenvalue weighted by atomic mass is 16.2. The van der Waals surface area contributed by atoms with Crippen molar-refractivity contribution < 1.29 is 9.59 Å². The van der Waals surface area contributed by atoms with Gasteiger partial charge in [0.05, 0.1) is 5.69 Å². The van der Waals surface area contributed by atoms with Gasteiger partial charge in [-0.25, -0.2) is 4.68 Å². The molecule has 6 heteroatoms. The average Bonchev–Trinajstić information content (AvgIpc) is 2.81. The van der Waals surface area contributed by atoms with Crippen molar-refractivity contribution in [1.29, 1.82) is 0 Å². The Morgan fingerprint density at radius 3 is 2.43 bits per heavy atom. The van der Waals surface area contributed by atoms with Gasteiger partial charge in [-0.2, -0.15) is 5.10 Å². The van der Waals surface area contributed by atoms with E-state index < -0.39 is 17.4 Å². The van der Waals surface area contributed by atoms with Crippen LogP contribution in [-0.2, 0) is 4.79 Å². The van der Waals surface area contributed by atoms with Gasteiger partial charge in [0.25, 0.3) is 5.91 Å². The first kappa shape index (κ1) is 14.8. The van der Waals surface area contributed by atoms with Crippen LogP contribution in [0.1, 0.15) is 30.0 Å². The van der Waals surface area contributed by atoms with Crippen LogP contribution in [0.25, 0.3) is 5.69 Å². The third-order valence-electron chi connectivity index (χ3n) is 3.16. The zero-order valence-electron chi connectivity index (χ0n) is 12.3. The summed E-state index contributed by atoms with van der Waals surface area (Å²) in [6.45, 7) is 4.96. The van der Waals surface area contributed by atoms with Crippen LogP contribution in [0, 0.1) is 6.92 Å². The number of hydrogen-bond acceptors (Lipinski definition) is 3. The fourth-order valence-corrected chi connectivity index (χ4v) is 1.83. The van der Waals surface area contributed by atoms with Crippen molar-refractivity contribution in [3.8, 4) is 5.69 Å². The number of carbonyl (C=O) groups is 2. The Morgan fingerprint density at radius 1 is 1.24 bits per heavy atom. The Bertz CT molecular complexity index is 674. The van der Waals surface area contributed by atoms with Crippen molar-refractivity contribution in [2.45, 2.75) is 26.3 Å². The summed E-state index contributed by atoms with van der Waals surface area (Å²) >= 11 is 0. The van der Waals surface area contributed by atoms with Crippen LogP contribution < -0.4 is 11.1 Å². The molecule has 0 aliphatic carbocycles. The monoisotopic (exact) mass is 286 g/mol. The first-order chi connectivity index (χ1) is 9.81. The van der Waals surface area contributed by atoms with E-state index in [2.05, 4.69) is 10.4 Å². The number of nitrogens with two attached hydrogens (primary N) is 1. The van der Waals surface area contributed by atoms with Crippen LogP contribution in [0.5, 0.6) is 0 Å². The van der Waals surface area contributed by atoms with Gasteiger partial charge in [-0.05, 0) is 39.0 Å². The van der Waals surface area contributed by atoms with E-state index in [0.29, 0.717) is 0 Å². The summed E-state index contributed by atoms with van der Waals surface area (Å²) in [4.78, 5) is 23.4. The molecule has 0 saturated heterocycles. The summed E-state index contributed by atoms with van der Waals surface area (Å²) in [6.07, 6.45) is 0. The van der Waals surface area contributed by atoms with E-state index in [0.717, 1.165) is 11.4 Å². The molecule has 0 spiro atoms. The lowest BCUT2D eigenvalue weighted by Crippen LogP contribution is -2.53. The molecule has 0 aliphatic rings. The van der Waals surface area contributed by atoms with E-state index >= 15 is 0 Å². The van der Waals surface area contributed by atoms with Crippen molar-refractivity contribution in [2.24, 2.45) is 5.73 Å². The highest BCUT2D eigenvalue weighted by Gasteiger charge is 2.28. The molecule has 6 nitrogen and oxygen atoms in total. The predicted molar refractivity (Wildman–Crippen MR) is 79.0 cm³/mol. The van der Waals surface area contributed by atoms with E-state index in [4.69, 9.17) is 5.73 Å². The van der Waals surface area contributed by atoms with E-state index in [-0.39, 0.29) is 5.69 Å². The molecular formula is C15H18N4O2. The number of para-hydroxylation sites is 1. The van der Waals surface area contributed by atoms with E-state index in [1.807, 2.05) is 37.3 Å². The minimum absolute atomic E-state index is 0.241. The number of carbonyl (C=O) groups excluding carboxylic acids is 2. The molecule has 0 saturated carbocycles. The number of aryl methyl sites for hydroxylation is 1. The topological polar surface area (TPSA) is 90.0 Å². The molecule has 3 N–H and O–H groups in total. The smallest absolute Gasteiger partial charge is 0.272 e. The summed E-state index contributed by atoms with van der Waals surface area (Å²) in [6, 6.07) is 11.2. The number of primary amides is 1. The zero-order valence-corrected chi connectivity index (χ0v) is 12.3. The van der Waals surface area contributed by atoms with Crippen molar-refractivity contribution in [2.75, 3.05) is 0 Å². The molecule has 1 aromatic carbocycles. The average molecular weight is 286 g/mol. The van der Waals surface area contributed by atoms with Gasteiger partial charge in [0.1, 0.15) is 5.54 Å².